The van der Waals surface area contributed by atoms with E-state index >= 15 is 0 Å². The molecule has 3 nitrogen and oxygen atoms in total. The van der Waals surface area contributed by atoms with Crippen LogP contribution < -0.4 is 5.73 Å². The van der Waals surface area contributed by atoms with E-state index in [4.69, 9.17) is 5.73 Å². The van der Waals surface area contributed by atoms with Crippen molar-refractivity contribution in [2.75, 3.05) is 6.54 Å². The van der Waals surface area contributed by atoms with Gasteiger partial charge in [-0.1, -0.05) is 0 Å². The Labute approximate surface area is 81.0 Å². The van der Waals surface area contributed by atoms with Crippen LogP contribution in [0.4, 0.5) is 0 Å². The van der Waals surface area contributed by atoms with Crippen molar-refractivity contribution in [3.8, 4) is 0 Å². The van der Waals surface area contributed by atoms with Crippen molar-refractivity contribution >= 4 is 34.0 Å². The molecule has 0 aliphatic rings. The largest absolute Gasteiger partial charge is 0.351 e. The molecule has 0 saturated heterocycles. The van der Waals surface area contributed by atoms with Gasteiger partial charge in [0.15, 0.2) is 0 Å². The molecular formula is C5H11Br2N3. The topological polar surface area (TPSA) is 54.7 Å². The molecule has 1 rings (SSSR count). The lowest BCUT2D eigenvalue weighted by Gasteiger charge is -1.85. The summed E-state index contributed by atoms with van der Waals surface area (Å²) in [5, 5.41) is 0. The molecule has 60 valence electrons. The Balaban J connectivity index is 0. The summed E-state index contributed by atoms with van der Waals surface area (Å²) in [5.74, 6) is 0. The van der Waals surface area contributed by atoms with Crippen LogP contribution in [0.3, 0.4) is 0 Å². The molecule has 0 spiro atoms. The van der Waals surface area contributed by atoms with E-state index in [1.54, 1.807) is 6.33 Å². The van der Waals surface area contributed by atoms with Crippen molar-refractivity contribution in [2.24, 2.45) is 5.73 Å². The highest BCUT2D eigenvalue weighted by Gasteiger charge is 1.87. The first-order valence-corrected chi connectivity index (χ1v) is 2.61. The van der Waals surface area contributed by atoms with E-state index in [1.807, 2.05) is 6.20 Å². The molecule has 0 amide bonds. The van der Waals surface area contributed by atoms with Gasteiger partial charge in [0.2, 0.25) is 0 Å². The predicted octanol–water partition coefficient (Wildman–Crippen LogP) is 1.07. The number of rotatable bonds is 2. The zero-order valence-electron chi connectivity index (χ0n) is 5.41. The third-order valence-corrected chi connectivity index (χ3v) is 0.955. The molecule has 5 heteroatoms. The molecule has 0 aliphatic carbocycles. The normalized spacial score (nSPS) is 7.70. The highest BCUT2D eigenvalue weighted by molar-refractivity contribution is 8.93. The van der Waals surface area contributed by atoms with Gasteiger partial charge in [0.25, 0.3) is 0 Å². The fourth-order valence-electron chi connectivity index (χ4n) is 0.576. The maximum atomic E-state index is 5.27. The van der Waals surface area contributed by atoms with Crippen LogP contribution in [0.15, 0.2) is 12.5 Å². The van der Waals surface area contributed by atoms with Gasteiger partial charge in [0.05, 0.1) is 12.0 Å². The Hall–Kier alpha value is 0.130. The average Bonchev–Trinajstić information content (AvgIpc) is 2.19. The third-order valence-electron chi connectivity index (χ3n) is 0.955. The number of nitrogens with two attached hydrogens (primary N) is 1. The number of nitrogens with zero attached hydrogens (tertiary/aromatic N) is 1. The molecule has 0 radical (unpaired) electrons. The predicted molar refractivity (Wildman–Crippen MR) is 52.0 cm³/mol. The van der Waals surface area contributed by atoms with Crippen molar-refractivity contribution in [1.29, 1.82) is 0 Å². The average molecular weight is 273 g/mol. The minimum Gasteiger partial charge on any atom is -0.351 e. The molecule has 0 saturated carbocycles. The highest BCUT2D eigenvalue weighted by Crippen LogP contribution is 1.88. The number of aromatic amines is 1. The van der Waals surface area contributed by atoms with Crippen molar-refractivity contribution < 1.29 is 0 Å². The molecule has 1 heterocycles. The van der Waals surface area contributed by atoms with E-state index in [-0.39, 0.29) is 34.0 Å². The van der Waals surface area contributed by atoms with Gasteiger partial charge in [0.1, 0.15) is 0 Å². The zero-order chi connectivity index (χ0) is 5.82. The van der Waals surface area contributed by atoms with E-state index in [1.165, 1.54) is 0 Å². The van der Waals surface area contributed by atoms with Crippen LogP contribution >= 0.6 is 34.0 Å². The number of halogens is 2. The lowest BCUT2D eigenvalue weighted by Crippen LogP contribution is -2.02. The summed E-state index contributed by atoms with van der Waals surface area (Å²) < 4.78 is 0. The van der Waals surface area contributed by atoms with Crippen LogP contribution in [0.5, 0.6) is 0 Å². The van der Waals surface area contributed by atoms with Crippen LogP contribution in [0.2, 0.25) is 0 Å². The van der Waals surface area contributed by atoms with Crippen LogP contribution in [-0.2, 0) is 6.42 Å². The minimum atomic E-state index is 0. The monoisotopic (exact) mass is 271 g/mol. The smallest absolute Gasteiger partial charge is 0.0923 e. The molecule has 0 aromatic carbocycles. The molecule has 0 fully saturated rings. The van der Waals surface area contributed by atoms with Gasteiger partial charge in [-0.2, -0.15) is 0 Å². The summed E-state index contributed by atoms with van der Waals surface area (Å²) in [6.07, 6.45) is 4.38. The summed E-state index contributed by atoms with van der Waals surface area (Å²) in [5.41, 5.74) is 6.30. The van der Waals surface area contributed by atoms with Crippen LogP contribution in [0, 0.1) is 0 Å². The second kappa shape index (κ2) is 7.24. The Morgan fingerprint density at radius 2 is 2.20 bits per heavy atom. The van der Waals surface area contributed by atoms with Gasteiger partial charge in [0, 0.05) is 12.6 Å². The summed E-state index contributed by atoms with van der Waals surface area (Å²) >= 11 is 0. The van der Waals surface area contributed by atoms with Crippen molar-refractivity contribution in [3.63, 3.8) is 0 Å². The molecular weight excluding hydrogens is 262 g/mol. The zero-order valence-corrected chi connectivity index (χ0v) is 8.84. The fourth-order valence-corrected chi connectivity index (χ4v) is 0.576. The number of hydrogen-bond donors (Lipinski definition) is 2. The number of imidazole rings is 1. The summed E-state index contributed by atoms with van der Waals surface area (Å²) in [7, 11) is 0. The van der Waals surface area contributed by atoms with Gasteiger partial charge in [-0.05, 0) is 6.54 Å². The van der Waals surface area contributed by atoms with Crippen LogP contribution in [-0.4, -0.2) is 16.5 Å². The number of hydrogen-bond acceptors (Lipinski definition) is 2. The Bertz CT molecular complexity index is 141. The van der Waals surface area contributed by atoms with Gasteiger partial charge in [-0.15, -0.1) is 34.0 Å². The summed E-state index contributed by atoms with van der Waals surface area (Å²) in [6.45, 7) is 0.671. The minimum absolute atomic E-state index is 0. The second-order valence-corrected chi connectivity index (χ2v) is 1.60. The lowest BCUT2D eigenvalue weighted by molar-refractivity contribution is 0.935. The first-order valence-electron chi connectivity index (χ1n) is 2.61. The standard InChI is InChI=1S/C5H9N3.2BrH/c6-2-1-5-3-7-4-8-5;;/h3-4H,1-2,6H2,(H,7,8);2*1H. The van der Waals surface area contributed by atoms with Gasteiger partial charge in [-0.25, -0.2) is 4.98 Å². The summed E-state index contributed by atoms with van der Waals surface area (Å²) in [6, 6.07) is 0. The Morgan fingerprint density at radius 1 is 1.50 bits per heavy atom. The van der Waals surface area contributed by atoms with E-state index in [0.717, 1.165) is 12.1 Å². The molecule has 0 unspecified atom stereocenters. The molecule has 0 aliphatic heterocycles. The third kappa shape index (κ3) is 4.03. The highest BCUT2D eigenvalue weighted by atomic mass is 79.9. The number of nitrogens with one attached hydrogen (secondary N) is 1. The van der Waals surface area contributed by atoms with Crippen molar-refractivity contribution in [1.82, 2.24) is 9.97 Å². The van der Waals surface area contributed by atoms with Crippen LogP contribution in [0.25, 0.3) is 0 Å². The SMILES string of the molecule is Br.Br.NCCc1c[nH]cn1. The molecule has 10 heavy (non-hydrogen) atoms. The van der Waals surface area contributed by atoms with Gasteiger partial charge in [-0.3, -0.25) is 0 Å². The summed E-state index contributed by atoms with van der Waals surface area (Å²) in [4.78, 5) is 6.82. The molecule has 1 aromatic rings. The molecule has 1 aromatic heterocycles. The van der Waals surface area contributed by atoms with Gasteiger partial charge < -0.3 is 10.7 Å². The number of H-pyrrole nitrogens is 1. The quantitative estimate of drug-likeness (QED) is 0.846. The first-order chi connectivity index (χ1) is 3.93. The Morgan fingerprint density at radius 3 is 2.60 bits per heavy atom. The van der Waals surface area contributed by atoms with Crippen LogP contribution in [0.1, 0.15) is 5.69 Å². The van der Waals surface area contributed by atoms with E-state index in [9.17, 15) is 0 Å². The molecule has 3 N–H and O–H groups in total. The molecule has 0 atom stereocenters. The van der Waals surface area contributed by atoms with E-state index in [2.05, 4.69) is 9.97 Å². The van der Waals surface area contributed by atoms with E-state index < -0.39 is 0 Å². The second-order valence-electron chi connectivity index (χ2n) is 1.60. The van der Waals surface area contributed by atoms with Gasteiger partial charge >= 0.3 is 0 Å². The maximum Gasteiger partial charge on any atom is 0.0923 e. The molecule has 0 bridgehead atoms. The first kappa shape index (κ1) is 12.8. The lowest BCUT2D eigenvalue weighted by atomic mass is 10.3. The number of aromatic nitrogens is 2. The fraction of sp³-hybridized carbons (Fsp3) is 0.400. The van der Waals surface area contributed by atoms with Crippen molar-refractivity contribution in [3.05, 3.63) is 18.2 Å². The Kier molecular flexibility index (Phi) is 9.25. The van der Waals surface area contributed by atoms with Crippen molar-refractivity contribution in [2.45, 2.75) is 6.42 Å². The maximum absolute atomic E-state index is 5.27. The van der Waals surface area contributed by atoms with E-state index in [0.29, 0.717) is 6.54 Å².